The van der Waals surface area contributed by atoms with E-state index in [4.69, 9.17) is 22.5 Å². The van der Waals surface area contributed by atoms with E-state index in [2.05, 4.69) is 15.2 Å². The highest BCUT2D eigenvalue weighted by Crippen LogP contribution is 2.29. The summed E-state index contributed by atoms with van der Waals surface area (Å²) in [6.45, 7) is 0. The zero-order valence-corrected chi connectivity index (χ0v) is 10.4. The minimum Gasteiger partial charge on any atom is -0.409 e. The highest BCUT2D eigenvalue weighted by Gasteiger charge is 2.34. The second-order valence-corrected chi connectivity index (χ2v) is 4.00. The number of hydrogen-bond acceptors (Lipinski definition) is 4. The van der Waals surface area contributed by atoms with Gasteiger partial charge in [-0.2, -0.15) is 18.3 Å². The summed E-state index contributed by atoms with van der Waals surface area (Å²) in [5.74, 6) is -0.354. The van der Waals surface area contributed by atoms with Crippen LogP contribution < -0.4 is 5.73 Å². The van der Waals surface area contributed by atoms with Gasteiger partial charge in [0.1, 0.15) is 0 Å². The lowest BCUT2D eigenvalue weighted by Gasteiger charge is -2.07. The van der Waals surface area contributed by atoms with E-state index in [1.807, 2.05) is 0 Å². The summed E-state index contributed by atoms with van der Waals surface area (Å²) >= 11 is 5.96. The second kappa shape index (κ2) is 5.00. The van der Waals surface area contributed by atoms with Crippen LogP contribution in [0.4, 0.5) is 13.2 Å². The standard InChI is InChI=1S/C10H7ClF3N5O/c11-7-5(8(15)18-20)1-3-16-9(7)19-4-2-6(17-19)10(12,13)14/h1-4,20H,(H2,15,18). The first-order valence-electron chi connectivity index (χ1n) is 5.10. The first-order chi connectivity index (χ1) is 9.34. The van der Waals surface area contributed by atoms with Crippen LogP contribution in [0.15, 0.2) is 29.7 Å². The molecule has 2 rings (SSSR count). The Labute approximate surface area is 115 Å². The predicted octanol–water partition coefficient (Wildman–Crippen LogP) is 2.03. The minimum absolute atomic E-state index is 0.0636. The summed E-state index contributed by atoms with van der Waals surface area (Å²) in [6, 6.07) is 2.14. The maximum atomic E-state index is 12.5. The predicted molar refractivity (Wildman–Crippen MR) is 63.9 cm³/mol. The van der Waals surface area contributed by atoms with E-state index in [1.165, 1.54) is 12.3 Å². The van der Waals surface area contributed by atoms with Crippen molar-refractivity contribution < 1.29 is 18.4 Å². The number of hydrogen-bond donors (Lipinski definition) is 2. The number of halogens is 4. The molecule has 0 fully saturated rings. The highest BCUT2D eigenvalue weighted by molar-refractivity contribution is 6.35. The molecule has 0 bridgehead atoms. The average Bonchev–Trinajstić information content (AvgIpc) is 2.87. The molecule has 0 unspecified atom stereocenters. The second-order valence-electron chi connectivity index (χ2n) is 3.62. The zero-order chi connectivity index (χ0) is 14.9. The molecule has 0 radical (unpaired) electrons. The molecule has 0 aliphatic heterocycles. The number of amidine groups is 1. The van der Waals surface area contributed by atoms with Gasteiger partial charge in [0, 0.05) is 18.0 Å². The van der Waals surface area contributed by atoms with Crippen molar-refractivity contribution in [1.29, 1.82) is 0 Å². The van der Waals surface area contributed by atoms with Crippen molar-refractivity contribution in [1.82, 2.24) is 14.8 Å². The molecule has 0 amide bonds. The van der Waals surface area contributed by atoms with Crippen molar-refractivity contribution in [3.63, 3.8) is 0 Å². The number of rotatable bonds is 2. The fourth-order valence-corrected chi connectivity index (χ4v) is 1.73. The van der Waals surface area contributed by atoms with E-state index in [1.54, 1.807) is 0 Å². The molecule has 2 aromatic rings. The highest BCUT2D eigenvalue weighted by atomic mass is 35.5. The van der Waals surface area contributed by atoms with Gasteiger partial charge in [-0.25, -0.2) is 9.67 Å². The van der Waals surface area contributed by atoms with Crippen LogP contribution in [0.1, 0.15) is 11.3 Å². The van der Waals surface area contributed by atoms with Crippen LogP contribution in [0.5, 0.6) is 0 Å². The molecule has 6 nitrogen and oxygen atoms in total. The van der Waals surface area contributed by atoms with Gasteiger partial charge in [0.05, 0.1) is 5.02 Å². The van der Waals surface area contributed by atoms with Gasteiger partial charge in [-0.05, 0) is 12.1 Å². The van der Waals surface area contributed by atoms with Crippen LogP contribution in [-0.2, 0) is 6.18 Å². The van der Waals surface area contributed by atoms with Gasteiger partial charge in [-0.3, -0.25) is 0 Å². The molecule has 0 aromatic carbocycles. The Bertz CT molecular complexity index is 667. The van der Waals surface area contributed by atoms with Crippen molar-refractivity contribution >= 4 is 17.4 Å². The molecule has 2 heterocycles. The number of oxime groups is 1. The quantitative estimate of drug-likeness (QED) is 0.384. The Morgan fingerprint density at radius 1 is 1.40 bits per heavy atom. The average molecular weight is 306 g/mol. The molecule has 0 saturated heterocycles. The van der Waals surface area contributed by atoms with Crippen molar-refractivity contribution in [2.75, 3.05) is 0 Å². The molecule has 106 valence electrons. The first-order valence-corrected chi connectivity index (χ1v) is 5.48. The molecule has 20 heavy (non-hydrogen) atoms. The lowest BCUT2D eigenvalue weighted by Crippen LogP contribution is -2.15. The molecule has 0 saturated carbocycles. The number of nitrogens with two attached hydrogens (primary N) is 1. The van der Waals surface area contributed by atoms with E-state index in [0.717, 1.165) is 16.9 Å². The van der Waals surface area contributed by atoms with Crippen molar-refractivity contribution in [2.45, 2.75) is 6.18 Å². The summed E-state index contributed by atoms with van der Waals surface area (Å²) in [5, 5.41) is 14.6. The van der Waals surface area contributed by atoms with E-state index < -0.39 is 11.9 Å². The van der Waals surface area contributed by atoms with E-state index >= 15 is 0 Å². The molecule has 3 N–H and O–H groups in total. The summed E-state index contributed by atoms with van der Waals surface area (Å²) in [6.07, 6.45) is -2.25. The monoisotopic (exact) mass is 305 g/mol. The Morgan fingerprint density at radius 3 is 2.65 bits per heavy atom. The molecule has 0 atom stereocenters. The van der Waals surface area contributed by atoms with Crippen molar-refractivity contribution in [2.24, 2.45) is 10.9 Å². The van der Waals surface area contributed by atoms with Gasteiger partial charge in [0.2, 0.25) is 0 Å². The van der Waals surface area contributed by atoms with Gasteiger partial charge < -0.3 is 10.9 Å². The molecule has 2 aromatic heterocycles. The Hall–Kier alpha value is -2.29. The van der Waals surface area contributed by atoms with Gasteiger partial charge in [-0.15, -0.1) is 0 Å². The number of nitrogens with zero attached hydrogens (tertiary/aromatic N) is 4. The lowest BCUT2D eigenvalue weighted by molar-refractivity contribution is -0.141. The normalized spacial score (nSPS) is 12.7. The molecular weight excluding hydrogens is 299 g/mol. The van der Waals surface area contributed by atoms with Crippen LogP contribution in [0, 0.1) is 0 Å². The fraction of sp³-hybridized carbons (Fsp3) is 0.100. The summed E-state index contributed by atoms with van der Waals surface area (Å²) in [5.41, 5.74) is 4.44. The molecule has 0 aliphatic rings. The largest absolute Gasteiger partial charge is 0.435 e. The number of alkyl halides is 3. The third-order valence-electron chi connectivity index (χ3n) is 2.35. The Morgan fingerprint density at radius 2 is 2.10 bits per heavy atom. The van der Waals surface area contributed by atoms with Gasteiger partial charge in [0.25, 0.3) is 0 Å². The maximum absolute atomic E-state index is 12.5. The van der Waals surface area contributed by atoms with E-state index in [0.29, 0.717) is 0 Å². The van der Waals surface area contributed by atoms with Gasteiger partial charge in [-0.1, -0.05) is 16.8 Å². The van der Waals surface area contributed by atoms with Crippen LogP contribution in [0.3, 0.4) is 0 Å². The lowest BCUT2D eigenvalue weighted by atomic mass is 10.2. The third kappa shape index (κ3) is 2.52. The number of aromatic nitrogens is 3. The zero-order valence-electron chi connectivity index (χ0n) is 9.63. The third-order valence-corrected chi connectivity index (χ3v) is 2.72. The first kappa shape index (κ1) is 14.1. The van der Waals surface area contributed by atoms with E-state index in [-0.39, 0.29) is 22.2 Å². The summed E-state index contributed by atoms with van der Waals surface area (Å²) in [7, 11) is 0. The smallest absolute Gasteiger partial charge is 0.409 e. The fourth-order valence-electron chi connectivity index (χ4n) is 1.44. The SMILES string of the molecule is N/C(=N/O)c1ccnc(-n2ccc(C(F)(F)F)n2)c1Cl. The van der Waals surface area contributed by atoms with Gasteiger partial charge >= 0.3 is 6.18 Å². The summed E-state index contributed by atoms with van der Waals surface area (Å²) in [4.78, 5) is 3.83. The van der Waals surface area contributed by atoms with Crippen LogP contribution >= 0.6 is 11.6 Å². The molecule has 0 spiro atoms. The van der Waals surface area contributed by atoms with Crippen LogP contribution in [-0.4, -0.2) is 25.8 Å². The van der Waals surface area contributed by atoms with Crippen molar-refractivity contribution in [3.05, 3.63) is 40.8 Å². The molecule has 10 heteroatoms. The molecule has 0 aliphatic carbocycles. The van der Waals surface area contributed by atoms with Crippen LogP contribution in [0.25, 0.3) is 5.82 Å². The van der Waals surface area contributed by atoms with Crippen molar-refractivity contribution in [3.8, 4) is 5.82 Å². The molecular formula is C10H7ClF3N5O. The minimum atomic E-state index is -4.57. The van der Waals surface area contributed by atoms with Gasteiger partial charge in [0.15, 0.2) is 17.3 Å². The Balaban J connectivity index is 2.51. The van der Waals surface area contributed by atoms with E-state index in [9.17, 15) is 13.2 Å². The topological polar surface area (TPSA) is 89.3 Å². The van der Waals surface area contributed by atoms with Crippen LogP contribution in [0.2, 0.25) is 5.02 Å². The number of pyridine rings is 1. The Kier molecular flexibility index (Phi) is 3.53. The maximum Gasteiger partial charge on any atom is 0.435 e. The summed E-state index contributed by atoms with van der Waals surface area (Å²) < 4.78 is 38.3.